The number of ether oxygens (including phenoxy) is 1. The maximum Gasteiger partial charge on any atom is 0.261 e. The van der Waals surface area contributed by atoms with Gasteiger partial charge in [0.25, 0.3) is 5.91 Å². The van der Waals surface area contributed by atoms with Gasteiger partial charge in [-0.2, -0.15) is 5.10 Å². The third-order valence-corrected chi connectivity index (χ3v) is 5.92. The van der Waals surface area contributed by atoms with E-state index in [4.69, 9.17) is 9.84 Å². The van der Waals surface area contributed by atoms with Gasteiger partial charge in [-0.15, -0.1) is 10.2 Å². The van der Waals surface area contributed by atoms with Gasteiger partial charge < -0.3 is 4.74 Å². The predicted octanol–water partition coefficient (Wildman–Crippen LogP) is 5.38. The lowest BCUT2D eigenvalue weighted by atomic mass is 10.1. The molecule has 0 unspecified atom stereocenters. The first kappa shape index (κ1) is 21.7. The lowest BCUT2D eigenvalue weighted by molar-refractivity contribution is 0.102. The maximum atomic E-state index is 13.3. The lowest BCUT2D eigenvalue weighted by Gasteiger charge is -2.07. The number of carbonyl (C=O) groups excluding carboxylic acids is 1. The first-order valence-electron chi connectivity index (χ1n) is 10.6. The van der Waals surface area contributed by atoms with Crippen molar-refractivity contribution in [2.45, 2.75) is 32.6 Å². The van der Waals surface area contributed by atoms with Crippen LogP contribution in [0.15, 0.2) is 60.8 Å². The predicted molar refractivity (Wildman–Crippen MR) is 127 cm³/mol. The molecule has 2 aromatic carbocycles. The number of methoxy groups -OCH3 is 1. The number of unbranched alkanes of at least 4 members (excludes halogenated alkanes) is 2. The number of nitrogens with one attached hydrogen (secondary N) is 1. The Balaban J connectivity index is 1.66. The molecule has 0 saturated carbocycles. The normalized spacial score (nSPS) is 10.8. The van der Waals surface area contributed by atoms with Crippen molar-refractivity contribution in [2.24, 2.45) is 0 Å². The number of nitrogens with zero attached hydrogens (tertiary/aromatic N) is 4. The molecule has 7 nitrogen and oxygen atoms in total. The smallest absolute Gasteiger partial charge is 0.261 e. The zero-order valence-electron chi connectivity index (χ0n) is 18.1. The highest BCUT2D eigenvalue weighted by Crippen LogP contribution is 2.32. The van der Waals surface area contributed by atoms with Crippen LogP contribution in [0.4, 0.5) is 5.13 Å². The van der Waals surface area contributed by atoms with E-state index in [2.05, 4.69) is 22.4 Å². The van der Waals surface area contributed by atoms with Crippen LogP contribution in [-0.4, -0.2) is 33.0 Å². The molecule has 0 bridgehead atoms. The number of para-hydroxylation sites is 2. The average molecular weight is 448 g/mol. The van der Waals surface area contributed by atoms with Crippen molar-refractivity contribution in [1.82, 2.24) is 20.0 Å². The van der Waals surface area contributed by atoms with Gasteiger partial charge in [0, 0.05) is 18.2 Å². The minimum absolute atomic E-state index is 0.288. The molecule has 32 heavy (non-hydrogen) atoms. The van der Waals surface area contributed by atoms with E-state index in [9.17, 15) is 4.79 Å². The molecular weight excluding hydrogens is 422 g/mol. The van der Waals surface area contributed by atoms with Gasteiger partial charge in [0.15, 0.2) is 0 Å². The molecule has 0 spiro atoms. The Morgan fingerprint density at radius 1 is 1.06 bits per heavy atom. The Bertz CT molecular complexity index is 1190. The maximum absolute atomic E-state index is 13.3. The average Bonchev–Trinajstić information content (AvgIpc) is 3.47. The zero-order valence-corrected chi connectivity index (χ0v) is 18.9. The third kappa shape index (κ3) is 4.86. The number of hydrogen-bond donors (Lipinski definition) is 1. The van der Waals surface area contributed by atoms with Crippen molar-refractivity contribution in [3.63, 3.8) is 0 Å². The molecule has 4 aromatic rings. The number of rotatable bonds is 9. The first-order chi connectivity index (χ1) is 15.7. The Hall–Kier alpha value is -3.52. The van der Waals surface area contributed by atoms with Crippen molar-refractivity contribution in [2.75, 3.05) is 12.4 Å². The monoisotopic (exact) mass is 447 g/mol. The summed E-state index contributed by atoms with van der Waals surface area (Å²) < 4.78 is 7.22. The van der Waals surface area contributed by atoms with E-state index in [1.165, 1.54) is 11.3 Å². The highest BCUT2D eigenvalue weighted by molar-refractivity contribution is 7.15. The van der Waals surface area contributed by atoms with E-state index in [0.717, 1.165) is 41.9 Å². The summed E-state index contributed by atoms with van der Waals surface area (Å²) in [7, 11) is 1.61. The molecule has 0 aliphatic heterocycles. The fourth-order valence-corrected chi connectivity index (χ4v) is 4.16. The van der Waals surface area contributed by atoms with Crippen molar-refractivity contribution >= 4 is 22.4 Å². The first-order valence-corrected chi connectivity index (χ1v) is 11.4. The molecule has 1 amide bonds. The van der Waals surface area contributed by atoms with E-state index in [1.54, 1.807) is 18.0 Å². The van der Waals surface area contributed by atoms with Gasteiger partial charge in [0.05, 0.1) is 18.4 Å². The lowest BCUT2D eigenvalue weighted by Crippen LogP contribution is -2.12. The van der Waals surface area contributed by atoms with Gasteiger partial charge >= 0.3 is 0 Å². The highest BCUT2D eigenvalue weighted by atomic mass is 32.1. The van der Waals surface area contributed by atoms with Crippen LogP contribution in [0.2, 0.25) is 0 Å². The van der Waals surface area contributed by atoms with Crippen molar-refractivity contribution < 1.29 is 9.53 Å². The van der Waals surface area contributed by atoms with Gasteiger partial charge in [0.1, 0.15) is 16.5 Å². The van der Waals surface area contributed by atoms with Crippen molar-refractivity contribution in [3.05, 3.63) is 71.4 Å². The van der Waals surface area contributed by atoms with Gasteiger partial charge in [-0.3, -0.25) is 10.1 Å². The SMILES string of the molecule is CCCCCc1nnc(NC(=O)c2cn(-c3ccccc3)nc2-c2ccccc2OC)s1. The summed E-state index contributed by atoms with van der Waals surface area (Å²) in [5.74, 6) is 0.360. The molecular formula is C24H25N5O2S. The van der Waals surface area contributed by atoms with Crippen LogP contribution in [0.3, 0.4) is 0 Å². The largest absolute Gasteiger partial charge is 0.496 e. The van der Waals surface area contributed by atoms with Gasteiger partial charge in [0.2, 0.25) is 5.13 Å². The van der Waals surface area contributed by atoms with Crippen molar-refractivity contribution in [3.8, 4) is 22.7 Å². The van der Waals surface area contributed by atoms with Crippen LogP contribution in [0.25, 0.3) is 16.9 Å². The zero-order chi connectivity index (χ0) is 22.3. The Kier molecular flexibility index (Phi) is 6.91. The summed E-state index contributed by atoms with van der Waals surface area (Å²) in [5, 5.41) is 17.4. The minimum Gasteiger partial charge on any atom is -0.496 e. The molecule has 4 rings (SSSR count). The van der Waals surface area contributed by atoms with Crippen molar-refractivity contribution in [1.29, 1.82) is 0 Å². The summed E-state index contributed by atoms with van der Waals surface area (Å²) >= 11 is 1.41. The molecule has 0 radical (unpaired) electrons. The van der Waals surface area contributed by atoms with Crippen LogP contribution in [0.5, 0.6) is 5.75 Å². The Labute approximate surface area is 191 Å². The topological polar surface area (TPSA) is 81.9 Å². The summed E-state index contributed by atoms with van der Waals surface area (Å²) in [6.45, 7) is 2.17. The van der Waals surface area contributed by atoms with Gasteiger partial charge in [-0.1, -0.05) is 61.4 Å². The van der Waals surface area contributed by atoms with Gasteiger partial charge in [-0.05, 0) is 30.7 Å². The molecule has 0 saturated heterocycles. The molecule has 0 aliphatic carbocycles. The molecule has 8 heteroatoms. The van der Waals surface area contributed by atoms with Crippen LogP contribution in [0, 0.1) is 0 Å². The number of aromatic nitrogens is 4. The van der Waals surface area contributed by atoms with Crippen LogP contribution >= 0.6 is 11.3 Å². The fourth-order valence-electron chi connectivity index (χ4n) is 3.39. The third-order valence-electron chi connectivity index (χ3n) is 5.02. The standard InChI is InChI=1S/C24H25N5O2S/c1-3-4-6-15-21-26-27-24(32-21)25-23(30)19-16-29(17-11-7-5-8-12-17)28-22(19)18-13-9-10-14-20(18)31-2/h5,7-14,16H,3-4,6,15H2,1-2H3,(H,25,27,30). The Morgan fingerprint density at radius 3 is 2.62 bits per heavy atom. The molecule has 1 N–H and O–H groups in total. The van der Waals surface area contributed by atoms with E-state index in [-0.39, 0.29) is 5.91 Å². The number of carbonyl (C=O) groups is 1. The molecule has 0 aliphatic rings. The van der Waals surface area contributed by atoms with E-state index in [0.29, 0.717) is 22.1 Å². The van der Waals surface area contributed by atoms with Crippen LogP contribution in [0.1, 0.15) is 41.6 Å². The van der Waals surface area contributed by atoms with E-state index < -0.39 is 0 Å². The fraction of sp³-hybridized carbons (Fsp3) is 0.250. The molecule has 2 heterocycles. The van der Waals surface area contributed by atoms with Gasteiger partial charge in [-0.25, -0.2) is 4.68 Å². The second kappa shape index (κ2) is 10.2. The summed E-state index contributed by atoms with van der Waals surface area (Å²) in [4.78, 5) is 13.3. The molecule has 2 aromatic heterocycles. The number of anilines is 1. The number of hydrogen-bond acceptors (Lipinski definition) is 6. The molecule has 164 valence electrons. The number of benzene rings is 2. The summed E-state index contributed by atoms with van der Waals surface area (Å²) in [5.41, 5.74) is 2.57. The minimum atomic E-state index is -0.288. The highest BCUT2D eigenvalue weighted by Gasteiger charge is 2.22. The summed E-state index contributed by atoms with van der Waals surface area (Å²) in [6, 6.07) is 17.2. The molecule has 0 atom stereocenters. The number of amides is 1. The molecule has 0 fully saturated rings. The summed E-state index contributed by atoms with van der Waals surface area (Å²) in [6.07, 6.45) is 5.98. The second-order valence-corrected chi connectivity index (χ2v) is 8.35. The van der Waals surface area contributed by atoms with Crippen LogP contribution < -0.4 is 10.1 Å². The quantitative estimate of drug-likeness (QED) is 0.348. The second-order valence-electron chi connectivity index (χ2n) is 7.28. The van der Waals surface area contributed by atoms with E-state index >= 15 is 0 Å². The Morgan fingerprint density at radius 2 is 1.84 bits per heavy atom. The van der Waals surface area contributed by atoms with E-state index in [1.807, 2.05) is 54.6 Å². The van der Waals surface area contributed by atoms with Crippen LogP contribution in [-0.2, 0) is 6.42 Å². The number of aryl methyl sites for hydroxylation is 1.